The van der Waals surface area contributed by atoms with E-state index in [2.05, 4.69) is 16.5 Å². The quantitative estimate of drug-likeness (QED) is 0.584. The fraction of sp³-hybridized carbons (Fsp3) is 0. The highest BCUT2D eigenvalue weighted by molar-refractivity contribution is 7.11. The van der Waals surface area contributed by atoms with E-state index in [4.69, 9.17) is 0 Å². The van der Waals surface area contributed by atoms with Gasteiger partial charge in [-0.05, 0) is 12.1 Å². The molecular weight excluding hydrogens is 208 g/mol. The molecule has 0 amide bonds. The summed E-state index contributed by atoms with van der Waals surface area (Å²) >= 11 is 1.41. The van der Waals surface area contributed by atoms with Gasteiger partial charge in [0, 0.05) is 29.7 Å². The average Bonchev–Trinajstić information content (AvgIpc) is 2.82. The van der Waals surface area contributed by atoms with Crippen LogP contribution in [0.25, 0.3) is 5.57 Å². The molecule has 15 heavy (non-hydrogen) atoms. The molecule has 2 heterocycles. The number of nitrogens with zero attached hydrogens (tertiary/aromatic N) is 2. The van der Waals surface area contributed by atoms with Crippen LogP contribution in [-0.2, 0) is 0 Å². The van der Waals surface area contributed by atoms with Gasteiger partial charge in [-0.15, -0.1) is 11.3 Å². The van der Waals surface area contributed by atoms with E-state index < -0.39 is 0 Å². The monoisotopic (exact) mass is 216 g/mol. The highest BCUT2D eigenvalue weighted by Crippen LogP contribution is 2.20. The van der Waals surface area contributed by atoms with Gasteiger partial charge in [-0.1, -0.05) is 6.58 Å². The standard InChI is InChI=1S/C11H8N2OS/c1-8(10-6-13-7-15-10)11(14)9-2-4-12-5-3-9/h2-7H,1H2. The smallest absolute Gasteiger partial charge is 0.194 e. The minimum absolute atomic E-state index is 0.0818. The van der Waals surface area contributed by atoms with Crippen LogP contribution in [0.5, 0.6) is 0 Å². The van der Waals surface area contributed by atoms with Gasteiger partial charge in [0.2, 0.25) is 0 Å². The van der Waals surface area contributed by atoms with Crippen LogP contribution in [-0.4, -0.2) is 15.8 Å². The Morgan fingerprint density at radius 1 is 1.27 bits per heavy atom. The lowest BCUT2D eigenvalue weighted by atomic mass is 10.1. The Labute approximate surface area is 91.1 Å². The molecule has 0 aliphatic carbocycles. The number of pyridine rings is 1. The van der Waals surface area contributed by atoms with E-state index in [0.29, 0.717) is 11.1 Å². The van der Waals surface area contributed by atoms with Crippen molar-refractivity contribution < 1.29 is 4.79 Å². The normalized spacial score (nSPS) is 9.87. The molecule has 0 saturated carbocycles. The molecule has 0 aromatic carbocycles. The Bertz CT molecular complexity index is 477. The zero-order valence-electron chi connectivity index (χ0n) is 7.88. The first-order valence-electron chi connectivity index (χ1n) is 4.31. The maximum absolute atomic E-state index is 11.9. The molecule has 3 nitrogen and oxygen atoms in total. The first-order chi connectivity index (χ1) is 7.29. The van der Waals surface area contributed by atoms with Gasteiger partial charge < -0.3 is 0 Å². The number of Topliss-reactive ketones (excluding diaryl/α,β-unsaturated/α-hetero) is 1. The van der Waals surface area contributed by atoms with Crippen LogP contribution < -0.4 is 0 Å². The summed E-state index contributed by atoms with van der Waals surface area (Å²) in [5, 5.41) is 0. The molecule has 0 fully saturated rings. The van der Waals surface area contributed by atoms with Crippen LogP contribution in [0.15, 0.2) is 42.8 Å². The van der Waals surface area contributed by atoms with Crippen molar-refractivity contribution in [2.24, 2.45) is 0 Å². The maximum atomic E-state index is 11.9. The number of carbonyl (C=O) groups is 1. The molecule has 0 unspecified atom stereocenters. The molecule has 0 N–H and O–H groups in total. The number of ketones is 1. The van der Waals surface area contributed by atoms with Crippen molar-refractivity contribution >= 4 is 22.7 Å². The predicted octanol–water partition coefficient (Wildman–Crippen LogP) is 2.43. The van der Waals surface area contributed by atoms with Crippen molar-refractivity contribution in [3.8, 4) is 0 Å². The average molecular weight is 216 g/mol. The van der Waals surface area contributed by atoms with Crippen LogP contribution >= 0.6 is 11.3 Å². The van der Waals surface area contributed by atoms with Crippen LogP contribution in [0, 0.1) is 0 Å². The number of allylic oxidation sites excluding steroid dienone is 1. The van der Waals surface area contributed by atoms with E-state index in [-0.39, 0.29) is 5.78 Å². The first-order valence-corrected chi connectivity index (χ1v) is 5.19. The predicted molar refractivity (Wildman–Crippen MR) is 59.7 cm³/mol. The Hall–Kier alpha value is -1.81. The van der Waals surface area contributed by atoms with Crippen LogP contribution in [0.3, 0.4) is 0 Å². The zero-order valence-corrected chi connectivity index (χ0v) is 8.70. The summed E-state index contributed by atoms with van der Waals surface area (Å²) < 4.78 is 0. The molecule has 0 atom stereocenters. The largest absolute Gasteiger partial charge is 0.289 e. The van der Waals surface area contributed by atoms with E-state index in [1.54, 1.807) is 36.2 Å². The van der Waals surface area contributed by atoms with E-state index in [9.17, 15) is 4.79 Å². The molecule has 0 aliphatic rings. The lowest BCUT2D eigenvalue weighted by molar-refractivity contribution is 0.105. The van der Waals surface area contributed by atoms with Gasteiger partial charge in [-0.2, -0.15) is 0 Å². The summed E-state index contributed by atoms with van der Waals surface area (Å²) in [6, 6.07) is 3.35. The third kappa shape index (κ3) is 1.99. The summed E-state index contributed by atoms with van der Waals surface area (Å²) in [6.45, 7) is 3.77. The van der Waals surface area contributed by atoms with Crippen molar-refractivity contribution in [1.29, 1.82) is 0 Å². The Kier molecular flexibility index (Phi) is 2.69. The van der Waals surface area contributed by atoms with Gasteiger partial charge in [-0.25, -0.2) is 0 Å². The minimum atomic E-state index is -0.0818. The lowest BCUT2D eigenvalue weighted by Crippen LogP contribution is -2.00. The minimum Gasteiger partial charge on any atom is -0.289 e. The number of aromatic nitrogens is 2. The molecule has 4 heteroatoms. The fourth-order valence-electron chi connectivity index (χ4n) is 1.15. The summed E-state index contributed by atoms with van der Waals surface area (Å²) in [6.07, 6.45) is 4.83. The molecular formula is C11H8N2OS. The summed E-state index contributed by atoms with van der Waals surface area (Å²) in [4.78, 5) is 20.5. The van der Waals surface area contributed by atoms with E-state index >= 15 is 0 Å². The highest BCUT2D eigenvalue weighted by atomic mass is 32.1. The van der Waals surface area contributed by atoms with E-state index in [0.717, 1.165) is 4.88 Å². The van der Waals surface area contributed by atoms with Gasteiger partial charge in [0.25, 0.3) is 0 Å². The lowest BCUT2D eigenvalue weighted by Gasteiger charge is -2.00. The number of carbonyl (C=O) groups excluding carboxylic acids is 1. The van der Waals surface area contributed by atoms with Crippen molar-refractivity contribution in [1.82, 2.24) is 9.97 Å². The van der Waals surface area contributed by atoms with Crippen molar-refractivity contribution in [3.63, 3.8) is 0 Å². The molecule has 0 radical (unpaired) electrons. The third-order valence-corrected chi connectivity index (χ3v) is 2.78. The Morgan fingerprint density at radius 2 is 2.00 bits per heavy atom. The Morgan fingerprint density at radius 3 is 2.60 bits per heavy atom. The molecule has 0 spiro atoms. The van der Waals surface area contributed by atoms with Crippen molar-refractivity contribution in [2.45, 2.75) is 0 Å². The second-order valence-electron chi connectivity index (χ2n) is 2.91. The molecule has 0 bridgehead atoms. The van der Waals surface area contributed by atoms with Gasteiger partial charge in [0.05, 0.1) is 10.4 Å². The molecule has 2 rings (SSSR count). The fourth-order valence-corrected chi connectivity index (χ4v) is 1.75. The summed E-state index contributed by atoms with van der Waals surface area (Å²) in [7, 11) is 0. The van der Waals surface area contributed by atoms with E-state index in [1.807, 2.05) is 0 Å². The topological polar surface area (TPSA) is 42.9 Å². The first kappa shape index (κ1) is 9.73. The van der Waals surface area contributed by atoms with Crippen LogP contribution in [0.4, 0.5) is 0 Å². The number of hydrogen-bond acceptors (Lipinski definition) is 4. The second kappa shape index (κ2) is 4.14. The zero-order chi connectivity index (χ0) is 10.7. The van der Waals surface area contributed by atoms with Gasteiger partial charge in [-0.3, -0.25) is 14.8 Å². The number of thiazole rings is 1. The van der Waals surface area contributed by atoms with Crippen molar-refractivity contribution in [2.75, 3.05) is 0 Å². The third-order valence-electron chi connectivity index (χ3n) is 1.95. The van der Waals surface area contributed by atoms with Crippen LogP contribution in [0.2, 0.25) is 0 Å². The summed E-state index contributed by atoms with van der Waals surface area (Å²) in [5.74, 6) is -0.0818. The van der Waals surface area contributed by atoms with Gasteiger partial charge in [0.15, 0.2) is 5.78 Å². The van der Waals surface area contributed by atoms with Gasteiger partial charge in [0.1, 0.15) is 0 Å². The molecule has 74 valence electrons. The van der Waals surface area contributed by atoms with Crippen LogP contribution in [0.1, 0.15) is 15.2 Å². The second-order valence-corrected chi connectivity index (χ2v) is 3.80. The SMILES string of the molecule is C=C(C(=O)c1ccncc1)c1cncs1. The number of hydrogen-bond donors (Lipinski definition) is 0. The molecule has 0 aliphatic heterocycles. The molecule has 2 aromatic rings. The summed E-state index contributed by atoms with van der Waals surface area (Å²) in [5.41, 5.74) is 2.76. The van der Waals surface area contributed by atoms with Gasteiger partial charge >= 0.3 is 0 Å². The number of rotatable bonds is 3. The maximum Gasteiger partial charge on any atom is 0.194 e. The molecule has 0 saturated heterocycles. The van der Waals surface area contributed by atoms with E-state index in [1.165, 1.54) is 11.3 Å². The Balaban J connectivity index is 2.27. The highest BCUT2D eigenvalue weighted by Gasteiger charge is 2.12. The molecule has 2 aromatic heterocycles. The van der Waals surface area contributed by atoms with Crippen molar-refractivity contribution in [3.05, 3.63) is 53.3 Å².